The predicted molar refractivity (Wildman–Crippen MR) is 81.6 cm³/mol. The zero-order valence-corrected chi connectivity index (χ0v) is 12.4. The highest BCUT2D eigenvalue weighted by molar-refractivity contribution is 5.58. The second kappa shape index (κ2) is 5.97. The number of nitro groups is 1. The Morgan fingerprint density at radius 3 is 2.71 bits per heavy atom. The van der Waals surface area contributed by atoms with Gasteiger partial charge < -0.3 is 10.2 Å². The number of hydrogen-bond acceptors (Lipinski definition) is 5. The quantitative estimate of drug-likeness (QED) is 0.665. The highest BCUT2D eigenvalue weighted by Crippen LogP contribution is 2.30. The van der Waals surface area contributed by atoms with Gasteiger partial charge in [0.25, 0.3) is 0 Å². The number of rotatable bonds is 5. The molecule has 2 fully saturated rings. The summed E-state index contributed by atoms with van der Waals surface area (Å²) in [6.07, 6.45) is 6.50. The van der Waals surface area contributed by atoms with Crippen molar-refractivity contribution in [3.8, 4) is 0 Å². The van der Waals surface area contributed by atoms with Crippen molar-refractivity contribution in [1.29, 1.82) is 0 Å². The van der Waals surface area contributed by atoms with Crippen molar-refractivity contribution in [2.24, 2.45) is 5.92 Å². The summed E-state index contributed by atoms with van der Waals surface area (Å²) >= 11 is 0. The molecule has 1 aliphatic carbocycles. The Hall–Kier alpha value is -1.69. The number of aryl methyl sites for hydroxylation is 1. The van der Waals surface area contributed by atoms with E-state index < -0.39 is 0 Å². The molecule has 3 rings (SSSR count). The van der Waals surface area contributed by atoms with Crippen molar-refractivity contribution in [3.63, 3.8) is 0 Å². The molecule has 114 valence electrons. The van der Waals surface area contributed by atoms with Crippen LogP contribution in [0.1, 0.15) is 31.2 Å². The third kappa shape index (κ3) is 3.50. The lowest BCUT2D eigenvalue weighted by molar-refractivity contribution is -0.384. The Morgan fingerprint density at radius 1 is 1.38 bits per heavy atom. The molecule has 6 heteroatoms. The predicted octanol–water partition coefficient (Wildman–Crippen LogP) is 2.27. The Balaban J connectivity index is 1.62. The lowest BCUT2D eigenvalue weighted by Crippen LogP contribution is -2.43. The lowest BCUT2D eigenvalue weighted by Gasteiger charge is -2.33. The Morgan fingerprint density at radius 2 is 2.10 bits per heavy atom. The molecule has 0 amide bonds. The minimum atomic E-state index is -0.327. The summed E-state index contributed by atoms with van der Waals surface area (Å²) in [6.45, 7) is 4.63. The van der Waals surface area contributed by atoms with Crippen LogP contribution in [0.15, 0.2) is 12.3 Å². The molecule has 2 heterocycles. The number of nitrogens with one attached hydrogen (secondary N) is 1. The topological polar surface area (TPSA) is 71.3 Å². The van der Waals surface area contributed by atoms with E-state index in [0.717, 1.165) is 44.0 Å². The second-order valence-corrected chi connectivity index (χ2v) is 6.23. The van der Waals surface area contributed by atoms with Crippen LogP contribution < -0.4 is 10.2 Å². The first-order valence-corrected chi connectivity index (χ1v) is 7.73. The van der Waals surface area contributed by atoms with E-state index in [1.54, 1.807) is 12.3 Å². The molecule has 1 saturated carbocycles. The summed E-state index contributed by atoms with van der Waals surface area (Å²) in [5, 5.41) is 14.8. The first-order chi connectivity index (χ1) is 10.1. The van der Waals surface area contributed by atoms with E-state index >= 15 is 0 Å². The van der Waals surface area contributed by atoms with Gasteiger partial charge >= 0.3 is 5.69 Å². The van der Waals surface area contributed by atoms with Gasteiger partial charge in [0.15, 0.2) is 0 Å². The van der Waals surface area contributed by atoms with Crippen LogP contribution in [0.4, 0.5) is 11.5 Å². The van der Waals surface area contributed by atoms with E-state index in [9.17, 15) is 10.1 Å². The standard InChI is InChI=1S/C15H22N4O2/c1-11-8-14(19(20)21)15(17-9-11)18-6-4-13(5-7-18)16-10-12-2-3-12/h8-9,12-13,16H,2-7,10H2,1H3. The molecule has 21 heavy (non-hydrogen) atoms. The van der Waals surface area contributed by atoms with Gasteiger partial charge in [-0.15, -0.1) is 0 Å². The summed E-state index contributed by atoms with van der Waals surface area (Å²) in [4.78, 5) is 17.2. The van der Waals surface area contributed by atoms with Gasteiger partial charge in [-0.1, -0.05) is 0 Å². The van der Waals surface area contributed by atoms with E-state index in [0.29, 0.717) is 11.9 Å². The van der Waals surface area contributed by atoms with Gasteiger partial charge in [0.05, 0.1) is 4.92 Å². The summed E-state index contributed by atoms with van der Waals surface area (Å²) in [6, 6.07) is 2.16. The van der Waals surface area contributed by atoms with Crippen molar-refractivity contribution in [1.82, 2.24) is 10.3 Å². The maximum atomic E-state index is 11.2. The van der Waals surface area contributed by atoms with Gasteiger partial charge in [-0.25, -0.2) is 4.98 Å². The minimum Gasteiger partial charge on any atom is -0.351 e. The molecule has 6 nitrogen and oxygen atoms in total. The molecule has 0 bridgehead atoms. The van der Waals surface area contributed by atoms with Crippen LogP contribution in [0, 0.1) is 23.0 Å². The lowest BCUT2D eigenvalue weighted by atomic mass is 10.0. The summed E-state index contributed by atoms with van der Waals surface area (Å²) in [7, 11) is 0. The number of pyridine rings is 1. The van der Waals surface area contributed by atoms with Crippen LogP contribution in [-0.4, -0.2) is 35.6 Å². The number of anilines is 1. The molecule has 0 unspecified atom stereocenters. The second-order valence-electron chi connectivity index (χ2n) is 6.23. The summed E-state index contributed by atoms with van der Waals surface area (Å²) in [5.41, 5.74) is 0.950. The van der Waals surface area contributed by atoms with E-state index in [4.69, 9.17) is 0 Å². The molecule has 1 aromatic rings. The third-order valence-electron chi connectivity index (χ3n) is 4.37. The van der Waals surface area contributed by atoms with Gasteiger partial charge in [-0.05, 0) is 50.6 Å². The van der Waals surface area contributed by atoms with E-state index in [-0.39, 0.29) is 10.6 Å². The molecule has 0 radical (unpaired) electrons. The van der Waals surface area contributed by atoms with Crippen LogP contribution in [-0.2, 0) is 0 Å². The van der Waals surface area contributed by atoms with Crippen molar-refractivity contribution in [3.05, 3.63) is 27.9 Å². The van der Waals surface area contributed by atoms with E-state index in [2.05, 4.69) is 10.3 Å². The molecule has 2 aliphatic rings. The number of hydrogen-bond donors (Lipinski definition) is 1. The Bertz CT molecular complexity index is 522. The van der Waals surface area contributed by atoms with Crippen LogP contribution in [0.3, 0.4) is 0 Å². The van der Waals surface area contributed by atoms with Gasteiger partial charge in [-0.2, -0.15) is 0 Å². The zero-order chi connectivity index (χ0) is 14.8. The highest BCUT2D eigenvalue weighted by atomic mass is 16.6. The van der Waals surface area contributed by atoms with Gasteiger partial charge in [0, 0.05) is 31.4 Å². The fraction of sp³-hybridized carbons (Fsp3) is 0.667. The Labute approximate surface area is 124 Å². The van der Waals surface area contributed by atoms with Crippen molar-refractivity contribution < 1.29 is 4.92 Å². The first kappa shape index (κ1) is 14.3. The molecule has 1 aliphatic heterocycles. The molecular formula is C15H22N4O2. The van der Waals surface area contributed by atoms with Crippen molar-refractivity contribution >= 4 is 11.5 Å². The molecular weight excluding hydrogens is 268 g/mol. The average molecular weight is 290 g/mol. The largest absolute Gasteiger partial charge is 0.351 e. The monoisotopic (exact) mass is 290 g/mol. The molecule has 0 aromatic carbocycles. The Kier molecular flexibility index (Phi) is 4.05. The zero-order valence-electron chi connectivity index (χ0n) is 12.4. The normalized spacial score (nSPS) is 19.8. The van der Waals surface area contributed by atoms with Crippen LogP contribution in [0.25, 0.3) is 0 Å². The van der Waals surface area contributed by atoms with Crippen LogP contribution in [0.5, 0.6) is 0 Å². The summed E-state index contributed by atoms with van der Waals surface area (Å²) < 4.78 is 0. The minimum absolute atomic E-state index is 0.124. The molecule has 1 N–H and O–H groups in total. The van der Waals surface area contributed by atoms with Gasteiger partial charge in [0.2, 0.25) is 5.82 Å². The van der Waals surface area contributed by atoms with Crippen molar-refractivity contribution in [2.45, 2.75) is 38.6 Å². The average Bonchev–Trinajstić information content (AvgIpc) is 3.30. The molecule has 0 spiro atoms. The number of nitrogens with zero attached hydrogens (tertiary/aromatic N) is 3. The van der Waals surface area contributed by atoms with Crippen LogP contribution in [0.2, 0.25) is 0 Å². The third-order valence-corrected chi connectivity index (χ3v) is 4.37. The molecule has 1 aromatic heterocycles. The van der Waals surface area contributed by atoms with E-state index in [1.165, 1.54) is 12.8 Å². The van der Waals surface area contributed by atoms with Gasteiger partial charge in [0.1, 0.15) is 0 Å². The number of piperidine rings is 1. The maximum Gasteiger partial charge on any atom is 0.311 e. The maximum absolute atomic E-state index is 11.2. The summed E-state index contributed by atoms with van der Waals surface area (Å²) in [5.74, 6) is 1.41. The highest BCUT2D eigenvalue weighted by Gasteiger charge is 2.27. The fourth-order valence-corrected chi connectivity index (χ4v) is 2.88. The van der Waals surface area contributed by atoms with Crippen LogP contribution >= 0.6 is 0 Å². The smallest absolute Gasteiger partial charge is 0.311 e. The van der Waals surface area contributed by atoms with Crippen molar-refractivity contribution in [2.75, 3.05) is 24.5 Å². The van der Waals surface area contributed by atoms with Gasteiger partial charge in [-0.3, -0.25) is 10.1 Å². The molecule has 0 atom stereocenters. The van der Waals surface area contributed by atoms with E-state index in [1.807, 2.05) is 11.8 Å². The molecule has 1 saturated heterocycles. The SMILES string of the molecule is Cc1cnc(N2CCC(NCC3CC3)CC2)c([N+](=O)[O-])c1. The first-order valence-electron chi connectivity index (χ1n) is 7.73. The fourth-order valence-electron chi connectivity index (χ4n) is 2.88. The number of aromatic nitrogens is 1.